The van der Waals surface area contributed by atoms with E-state index >= 15 is 0 Å². The summed E-state index contributed by atoms with van der Waals surface area (Å²) in [6.45, 7) is 1.75. The van der Waals surface area contributed by atoms with Crippen LogP contribution in [0.25, 0.3) is 17.3 Å². The Kier molecular flexibility index (Phi) is 3.04. The van der Waals surface area contributed by atoms with Gasteiger partial charge >= 0.3 is 6.18 Å². The first-order chi connectivity index (χ1) is 9.97. The number of furan rings is 1. The number of aromatic nitrogens is 3. The highest BCUT2D eigenvalue weighted by Crippen LogP contribution is 2.33. The van der Waals surface area contributed by atoms with Gasteiger partial charge in [0.15, 0.2) is 17.3 Å². The summed E-state index contributed by atoms with van der Waals surface area (Å²) in [6.07, 6.45) is -1.64. The third-order valence-electron chi connectivity index (χ3n) is 2.96. The molecule has 0 aliphatic carbocycles. The summed E-state index contributed by atoms with van der Waals surface area (Å²) in [6, 6.07) is 7.59. The van der Waals surface area contributed by atoms with Crippen LogP contribution in [-0.2, 0) is 6.18 Å². The second-order valence-electron chi connectivity index (χ2n) is 4.45. The van der Waals surface area contributed by atoms with Gasteiger partial charge in [-0.3, -0.25) is 0 Å². The average Bonchev–Trinajstić information content (AvgIpc) is 3.07. The summed E-state index contributed by atoms with van der Waals surface area (Å²) < 4.78 is 45.1. The number of aryl methyl sites for hydroxylation is 1. The fourth-order valence-corrected chi connectivity index (χ4v) is 1.98. The lowest BCUT2D eigenvalue weighted by Crippen LogP contribution is -2.08. The Morgan fingerprint density at radius 3 is 2.62 bits per heavy atom. The van der Waals surface area contributed by atoms with E-state index in [2.05, 4.69) is 10.1 Å². The molecule has 0 fully saturated rings. The van der Waals surface area contributed by atoms with Crippen LogP contribution in [-0.4, -0.2) is 14.8 Å². The van der Waals surface area contributed by atoms with Gasteiger partial charge in [-0.2, -0.15) is 18.3 Å². The van der Waals surface area contributed by atoms with Gasteiger partial charge in [-0.1, -0.05) is 6.07 Å². The molecule has 3 aromatic heterocycles. The number of hydrogen-bond donors (Lipinski definition) is 0. The molecule has 3 aromatic rings. The standard InChI is InChI=1S/C14H10F3N3O/c1-9-4-2-6-18-13(9)20-10(11-5-3-7-21-11)8-12(19-20)14(15,16)17/h2-8H,1H3. The SMILES string of the molecule is Cc1cccnc1-n1nc(C(F)(F)F)cc1-c1ccco1. The molecule has 0 amide bonds. The van der Waals surface area contributed by atoms with Crippen LogP contribution in [0.2, 0.25) is 0 Å². The van der Waals surface area contributed by atoms with E-state index in [0.717, 1.165) is 10.7 Å². The van der Waals surface area contributed by atoms with Crippen LogP contribution in [0.15, 0.2) is 47.2 Å². The van der Waals surface area contributed by atoms with Gasteiger partial charge in [-0.25, -0.2) is 9.67 Å². The molecule has 0 aromatic carbocycles. The molecular formula is C14H10F3N3O. The molecule has 0 saturated heterocycles. The average molecular weight is 293 g/mol. The van der Waals surface area contributed by atoms with E-state index in [1.165, 1.54) is 12.5 Å². The molecule has 3 heterocycles. The van der Waals surface area contributed by atoms with Crippen LogP contribution < -0.4 is 0 Å². The lowest BCUT2D eigenvalue weighted by Gasteiger charge is -2.07. The van der Waals surface area contributed by atoms with Crippen molar-refractivity contribution in [2.75, 3.05) is 0 Å². The number of pyridine rings is 1. The second kappa shape index (κ2) is 4.76. The van der Waals surface area contributed by atoms with Crippen molar-refractivity contribution in [3.63, 3.8) is 0 Å². The number of halogens is 3. The van der Waals surface area contributed by atoms with E-state index in [-0.39, 0.29) is 5.69 Å². The lowest BCUT2D eigenvalue weighted by atomic mass is 10.2. The maximum Gasteiger partial charge on any atom is 0.435 e. The molecule has 0 saturated carbocycles. The van der Waals surface area contributed by atoms with E-state index in [1.54, 1.807) is 31.2 Å². The third-order valence-corrected chi connectivity index (χ3v) is 2.96. The Labute approximate surface area is 117 Å². The first kappa shape index (κ1) is 13.4. The highest BCUT2D eigenvalue weighted by atomic mass is 19.4. The summed E-state index contributed by atoms with van der Waals surface area (Å²) in [5.74, 6) is 0.627. The van der Waals surface area contributed by atoms with E-state index in [4.69, 9.17) is 4.42 Å². The topological polar surface area (TPSA) is 43.9 Å². The fourth-order valence-electron chi connectivity index (χ4n) is 1.98. The van der Waals surface area contributed by atoms with Crippen molar-refractivity contribution in [3.05, 3.63) is 54.0 Å². The zero-order valence-corrected chi connectivity index (χ0v) is 10.9. The van der Waals surface area contributed by atoms with Gasteiger partial charge in [-0.05, 0) is 30.7 Å². The molecule has 0 bridgehead atoms. The van der Waals surface area contributed by atoms with Gasteiger partial charge in [0, 0.05) is 12.3 Å². The summed E-state index contributed by atoms with van der Waals surface area (Å²) >= 11 is 0. The van der Waals surface area contributed by atoms with Crippen LogP contribution in [0.5, 0.6) is 0 Å². The van der Waals surface area contributed by atoms with Crippen molar-refractivity contribution in [3.8, 4) is 17.3 Å². The first-order valence-electron chi connectivity index (χ1n) is 6.10. The number of hydrogen-bond acceptors (Lipinski definition) is 3. The Balaban J connectivity index is 2.24. The Bertz CT molecular complexity index is 760. The van der Waals surface area contributed by atoms with Gasteiger partial charge in [-0.15, -0.1) is 0 Å². The van der Waals surface area contributed by atoms with E-state index in [9.17, 15) is 13.2 Å². The van der Waals surface area contributed by atoms with Crippen LogP contribution in [0.3, 0.4) is 0 Å². The molecule has 3 rings (SSSR count). The van der Waals surface area contributed by atoms with Gasteiger partial charge in [0.1, 0.15) is 5.69 Å². The van der Waals surface area contributed by atoms with Gasteiger partial charge in [0.2, 0.25) is 0 Å². The first-order valence-corrected chi connectivity index (χ1v) is 6.10. The minimum atomic E-state index is -4.53. The number of nitrogens with zero attached hydrogens (tertiary/aromatic N) is 3. The molecule has 0 spiro atoms. The van der Waals surface area contributed by atoms with Crippen molar-refractivity contribution >= 4 is 0 Å². The van der Waals surface area contributed by atoms with Crippen LogP contribution in [0, 0.1) is 6.92 Å². The predicted octanol–water partition coefficient (Wildman–Crippen LogP) is 3.85. The van der Waals surface area contributed by atoms with Crippen LogP contribution >= 0.6 is 0 Å². The quantitative estimate of drug-likeness (QED) is 0.720. The summed E-state index contributed by atoms with van der Waals surface area (Å²) in [7, 11) is 0. The maximum absolute atomic E-state index is 12.9. The normalized spacial score (nSPS) is 11.8. The van der Waals surface area contributed by atoms with Crippen molar-refractivity contribution < 1.29 is 17.6 Å². The Hall–Kier alpha value is -2.57. The zero-order chi connectivity index (χ0) is 15.0. The van der Waals surface area contributed by atoms with E-state index in [0.29, 0.717) is 17.1 Å². The molecule has 7 heteroatoms. The smallest absolute Gasteiger partial charge is 0.435 e. The van der Waals surface area contributed by atoms with E-state index < -0.39 is 11.9 Å². The summed E-state index contributed by atoms with van der Waals surface area (Å²) in [5.41, 5.74) is -0.0739. The molecular weight excluding hydrogens is 283 g/mol. The molecule has 108 valence electrons. The van der Waals surface area contributed by atoms with E-state index in [1.807, 2.05) is 0 Å². The molecule has 0 N–H and O–H groups in total. The van der Waals surface area contributed by atoms with Gasteiger partial charge in [0.05, 0.1) is 6.26 Å². The molecule has 21 heavy (non-hydrogen) atoms. The monoisotopic (exact) mass is 293 g/mol. The maximum atomic E-state index is 12.9. The molecule has 0 aliphatic rings. The number of alkyl halides is 3. The third kappa shape index (κ3) is 2.42. The second-order valence-corrected chi connectivity index (χ2v) is 4.45. The minimum absolute atomic E-state index is 0.203. The van der Waals surface area contributed by atoms with Crippen LogP contribution in [0.1, 0.15) is 11.3 Å². The molecule has 0 unspecified atom stereocenters. The van der Waals surface area contributed by atoms with Gasteiger partial charge < -0.3 is 4.42 Å². The zero-order valence-electron chi connectivity index (χ0n) is 10.9. The van der Waals surface area contributed by atoms with Gasteiger partial charge in [0.25, 0.3) is 0 Å². The highest BCUT2D eigenvalue weighted by molar-refractivity contribution is 5.57. The minimum Gasteiger partial charge on any atom is -0.463 e. The predicted molar refractivity (Wildman–Crippen MR) is 68.8 cm³/mol. The van der Waals surface area contributed by atoms with Crippen molar-refractivity contribution in [1.82, 2.24) is 14.8 Å². The summed E-state index contributed by atoms with van der Waals surface area (Å²) in [4.78, 5) is 4.11. The Morgan fingerprint density at radius 1 is 1.19 bits per heavy atom. The molecule has 4 nitrogen and oxygen atoms in total. The highest BCUT2D eigenvalue weighted by Gasteiger charge is 2.36. The van der Waals surface area contributed by atoms with Crippen molar-refractivity contribution in [2.45, 2.75) is 13.1 Å². The largest absolute Gasteiger partial charge is 0.463 e. The summed E-state index contributed by atoms with van der Waals surface area (Å²) in [5, 5.41) is 3.64. The molecule has 0 radical (unpaired) electrons. The van der Waals surface area contributed by atoms with Crippen LogP contribution in [0.4, 0.5) is 13.2 Å². The lowest BCUT2D eigenvalue weighted by molar-refractivity contribution is -0.141. The van der Waals surface area contributed by atoms with Crippen molar-refractivity contribution in [1.29, 1.82) is 0 Å². The fraction of sp³-hybridized carbons (Fsp3) is 0.143. The Morgan fingerprint density at radius 2 is 2.00 bits per heavy atom. The van der Waals surface area contributed by atoms with Crippen molar-refractivity contribution in [2.24, 2.45) is 0 Å². The molecule has 0 atom stereocenters. The number of rotatable bonds is 2. The molecule has 0 aliphatic heterocycles.